The second-order valence-electron chi connectivity index (χ2n) is 6.46. The van der Waals surface area contributed by atoms with Gasteiger partial charge >= 0.3 is 0 Å². The third-order valence-corrected chi connectivity index (χ3v) is 4.68. The standard InChI is InChI=1S/C19H25N3O2/c1-21-13-17(18(24-2)11-19(21)23)16-10-15(20)7-6-14(16)12-22-8-4-3-5-9-22/h6-7,10-11,13H,3-5,8-9,12,20H2,1-2H3. The summed E-state index contributed by atoms with van der Waals surface area (Å²) in [6.45, 7) is 3.16. The van der Waals surface area contributed by atoms with E-state index in [2.05, 4.69) is 11.0 Å². The minimum atomic E-state index is -0.0860. The van der Waals surface area contributed by atoms with Gasteiger partial charge in [0.15, 0.2) is 0 Å². The average molecular weight is 327 g/mol. The van der Waals surface area contributed by atoms with E-state index >= 15 is 0 Å². The predicted octanol–water partition coefficient (Wildman–Crippen LogP) is 2.63. The van der Waals surface area contributed by atoms with Gasteiger partial charge in [-0.2, -0.15) is 0 Å². The average Bonchev–Trinajstić information content (AvgIpc) is 2.59. The van der Waals surface area contributed by atoms with E-state index in [0.29, 0.717) is 11.4 Å². The quantitative estimate of drug-likeness (QED) is 0.877. The third-order valence-electron chi connectivity index (χ3n) is 4.68. The van der Waals surface area contributed by atoms with Gasteiger partial charge in [0.25, 0.3) is 5.56 Å². The molecular formula is C19H25N3O2. The predicted molar refractivity (Wildman–Crippen MR) is 97.2 cm³/mol. The number of hydrogen-bond acceptors (Lipinski definition) is 4. The lowest BCUT2D eigenvalue weighted by Crippen LogP contribution is -2.29. The number of aromatic nitrogens is 1. The van der Waals surface area contributed by atoms with Gasteiger partial charge in [-0.1, -0.05) is 12.5 Å². The first kappa shape index (κ1) is 16.6. The number of piperidine rings is 1. The fourth-order valence-electron chi connectivity index (χ4n) is 3.32. The van der Waals surface area contributed by atoms with E-state index < -0.39 is 0 Å². The molecule has 0 radical (unpaired) electrons. The maximum atomic E-state index is 11.9. The van der Waals surface area contributed by atoms with Crippen LogP contribution in [0.2, 0.25) is 0 Å². The Labute approximate surface area is 142 Å². The highest BCUT2D eigenvalue weighted by molar-refractivity contribution is 5.75. The number of pyridine rings is 1. The molecule has 2 N–H and O–H groups in total. The summed E-state index contributed by atoms with van der Waals surface area (Å²) >= 11 is 0. The van der Waals surface area contributed by atoms with Crippen molar-refractivity contribution in [3.63, 3.8) is 0 Å². The topological polar surface area (TPSA) is 60.5 Å². The van der Waals surface area contributed by atoms with Gasteiger partial charge < -0.3 is 15.0 Å². The maximum absolute atomic E-state index is 11.9. The molecule has 0 bridgehead atoms. The van der Waals surface area contributed by atoms with Crippen LogP contribution in [0.5, 0.6) is 5.75 Å². The zero-order chi connectivity index (χ0) is 17.1. The minimum Gasteiger partial charge on any atom is -0.496 e. The van der Waals surface area contributed by atoms with Gasteiger partial charge in [0.2, 0.25) is 0 Å². The van der Waals surface area contributed by atoms with Crippen molar-refractivity contribution in [2.45, 2.75) is 25.8 Å². The van der Waals surface area contributed by atoms with Gasteiger partial charge in [0.1, 0.15) is 5.75 Å². The molecule has 0 aliphatic carbocycles. The van der Waals surface area contributed by atoms with Gasteiger partial charge in [-0.05, 0) is 49.2 Å². The Morgan fingerprint density at radius 1 is 1.12 bits per heavy atom. The van der Waals surface area contributed by atoms with Crippen molar-refractivity contribution in [1.29, 1.82) is 0 Å². The van der Waals surface area contributed by atoms with Crippen LogP contribution in [-0.4, -0.2) is 29.7 Å². The summed E-state index contributed by atoms with van der Waals surface area (Å²) in [5.74, 6) is 0.587. The number of hydrogen-bond donors (Lipinski definition) is 1. The largest absolute Gasteiger partial charge is 0.496 e. The van der Waals surface area contributed by atoms with E-state index in [1.807, 2.05) is 18.3 Å². The summed E-state index contributed by atoms with van der Waals surface area (Å²) < 4.78 is 7.03. The van der Waals surface area contributed by atoms with Crippen molar-refractivity contribution in [1.82, 2.24) is 9.47 Å². The number of methoxy groups -OCH3 is 1. The van der Waals surface area contributed by atoms with Gasteiger partial charge in [0.05, 0.1) is 7.11 Å². The highest BCUT2D eigenvalue weighted by Crippen LogP contribution is 2.33. The minimum absolute atomic E-state index is 0.0860. The molecule has 1 aromatic heterocycles. The Balaban J connectivity index is 2.05. The van der Waals surface area contributed by atoms with Crippen LogP contribution in [0.25, 0.3) is 11.1 Å². The smallest absolute Gasteiger partial charge is 0.254 e. The molecule has 1 aromatic carbocycles. The lowest BCUT2D eigenvalue weighted by molar-refractivity contribution is 0.221. The van der Waals surface area contributed by atoms with Gasteiger partial charge in [-0.25, -0.2) is 0 Å². The molecule has 0 unspecified atom stereocenters. The molecule has 1 aliphatic rings. The molecule has 5 nitrogen and oxygen atoms in total. The number of nitrogen functional groups attached to an aromatic ring is 1. The van der Waals surface area contributed by atoms with Crippen molar-refractivity contribution in [3.8, 4) is 16.9 Å². The van der Waals surface area contributed by atoms with Crippen LogP contribution in [0.15, 0.2) is 35.3 Å². The first-order chi connectivity index (χ1) is 11.6. The molecule has 0 spiro atoms. The molecule has 2 aromatic rings. The number of rotatable bonds is 4. The van der Waals surface area contributed by atoms with E-state index in [4.69, 9.17) is 10.5 Å². The number of aryl methyl sites for hydroxylation is 1. The molecule has 5 heteroatoms. The number of nitrogens with two attached hydrogens (primary N) is 1. The zero-order valence-corrected chi connectivity index (χ0v) is 14.4. The monoisotopic (exact) mass is 327 g/mol. The summed E-state index contributed by atoms with van der Waals surface area (Å²) in [4.78, 5) is 14.4. The Morgan fingerprint density at radius 3 is 2.58 bits per heavy atom. The van der Waals surface area contributed by atoms with Gasteiger partial charge in [-0.15, -0.1) is 0 Å². The van der Waals surface area contributed by atoms with Gasteiger partial charge in [0, 0.05) is 37.1 Å². The molecule has 128 valence electrons. The van der Waals surface area contributed by atoms with E-state index in [0.717, 1.165) is 30.8 Å². The number of likely N-dealkylation sites (tertiary alicyclic amines) is 1. The third kappa shape index (κ3) is 3.46. The van der Waals surface area contributed by atoms with Crippen LogP contribution in [0.3, 0.4) is 0 Å². The summed E-state index contributed by atoms with van der Waals surface area (Å²) in [5, 5.41) is 0. The molecule has 1 saturated heterocycles. The maximum Gasteiger partial charge on any atom is 0.254 e. The van der Waals surface area contributed by atoms with Crippen LogP contribution in [0.4, 0.5) is 5.69 Å². The summed E-state index contributed by atoms with van der Waals surface area (Å²) in [5.41, 5.74) is 9.81. The summed E-state index contributed by atoms with van der Waals surface area (Å²) in [6, 6.07) is 7.53. The van der Waals surface area contributed by atoms with Crippen molar-refractivity contribution in [3.05, 3.63) is 46.4 Å². The zero-order valence-electron chi connectivity index (χ0n) is 14.4. The van der Waals surface area contributed by atoms with Crippen LogP contribution in [0.1, 0.15) is 24.8 Å². The van der Waals surface area contributed by atoms with Crippen molar-refractivity contribution >= 4 is 5.69 Å². The Morgan fingerprint density at radius 2 is 1.88 bits per heavy atom. The summed E-state index contributed by atoms with van der Waals surface area (Å²) in [6.07, 6.45) is 5.66. The number of ether oxygens (including phenoxy) is 1. The normalized spacial score (nSPS) is 15.4. The molecule has 24 heavy (non-hydrogen) atoms. The fourth-order valence-corrected chi connectivity index (χ4v) is 3.32. The molecular weight excluding hydrogens is 302 g/mol. The number of benzene rings is 1. The van der Waals surface area contributed by atoms with Gasteiger partial charge in [-0.3, -0.25) is 9.69 Å². The van der Waals surface area contributed by atoms with Crippen molar-refractivity contribution in [2.75, 3.05) is 25.9 Å². The fraction of sp³-hybridized carbons (Fsp3) is 0.421. The second-order valence-corrected chi connectivity index (χ2v) is 6.46. The van der Waals surface area contributed by atoms with Crippen molar-refractivity contribution < 1.29 is 4.74 Å². The first-order valence-electron chi connectivity index (χ1n) is 8.44. The van der Waals surface area contributed by atoms with Crippen LogP contribution in [-0.2, 0) is 13.6 Å². The Hall–Kier alpha value is -2.27. The SMILES string of the molecule is COc1cc(=O)n(C)cc1-c1cc(N)ccc1CN1CCCCC1. The Kier molecular flexibility index (Phi) is 4.90. The van der Waals surface area contributed by atoms with E-state index in [-0.39, 0.29) is 5.56 Å². The van der Waals surface area contributed by atoms with Crippen LogP contribution in [0, 0.1) is 0 Å². The van der Waals surface area contributed by atoms with E-state index in [1.54, 1.807) is 18.7 Å². The Bertz CT molecular complexity index is 777. The molecule has 1 aliphatic heterocycles. The van der Waals surface area contributed by atoms with E-state index in [1.165, 1.54) is 30.9 Å². The summed E-state index contributed by atoms with van der Waals surface area (Å²) in [7, 11) is 3.34. The van der Waals surface area contributed by atoms with Crippen LogP contribution >= 0.6 is 0 Å². The van der Waals surface area contributed by atoms with Crippen LogP contribution < -0.4 is 16.0 Å². The molecule has 0 saturated carbocycles. The highest BCUT2D eigenvalue weighted by Gasteiger charge is 2.16. The number of nitrogens with zero attached hydrogens (tertiary/aromatic N) is 2. The molecule has 1 fully saturated rings. The van der Waals surface area contributed by atoms with E-state index in [9.17, 15) is 4.79 Å². The van der Waals surface area contributed by atoms with Crippen molar-refractivity contribution in [2.24, 2.45) is 7.05 Å². The lowest BCUT2D eigenvalue weighted by atomic mass is 9.98. The highest BCUT2D eigenvalue weighted by atomic mass is 16.5. The molecule has 0 atom stereocenters. The first-order valence-corrected chi connectivity index (χ1v) is 8.44. The second kappa shape index (κ2) is 7.09. The molecule has 2 heterocycles. The number of anilines is 1. The lowest BCUT2D eigenvalue weighted by Gasteiger charge is -2.27. The molecule has 0 amide bonds. The molecule has 3 rings (SSSR count).